The third-order valence-electron chi connectivity index (χ3n) is 3.50. The van der Waals surface area contributed by atoms with Gasteiger partial charge in [-0.3, -0.25) is 4.79 Å². The van der Waals surface area contributed by atoms with Crippen molar-refractivity contribution in [3.05, 3.63) is 20.3 Å². The van der Waals surface area contributed by atoms with Gasteiger partial charge >= 0.3 is 5.97 Å². The van der Waals surface area contributed by atoms with Crippen LogP contribution in [0.3, 0.4) is 0 Å². The molecule has 2 unspecified atom stereocenters. The van der Waals surface area contributed by atoms with Crippen LogP contribution in [0.15, 0.2) is 10.5 Å². The van der Waals surface area contributed by atoms with Gasteiger partial charge in [0.2, 0.25) is 0 Å². The normalized spacial score (nSPS) is 24.1. The van der Waals surface area contributed by atoms with Gasteiger partial charge in [-0.15, -0.1) is 11.3 Å². The maximum atomic E-state index is 11.0. The smallest absolute Gasteiger partial charge is 0.306 e. The van der Waals surface area contributed by atoms with Crippen LogP contribution in [0.5, 0.6) is 0 Å². The molecule has 2 rings (SSSR count). The van der Waals surface area contributed by atoms with E-state index in [1.165, 1.54) is 9.75 Å². The van der Waals surface area contributed by atoms with Gasteiger partial charge in [-0.25, -0.2) is 0 Å². The number of halogens is 1. The van der Waals surface area contributed by atoms with Crippen molar-refractivity contribution in [2.24, 2.45) is 5.92 Å². The van der Waals surface area contributed by atoms with Crippen molar-refractivity contribution in [2.45, 2.75) is 45.2 Å². The van der Waals surface area contributed by atoms with Crippen LogP contribution in [0.2, 0.25) is 0 Å². The molecule has 1 aromatic heterocycles. The van der Waals surface area contributed by atoms with Gasteiger partial charge in [-0.1, -0.05) is 6.42 Å². The van der Waals surface area contributed by atoms with Gasteiger partial charge < -0.3 is 10.4 Å². The molecular weight excluding hydrogens is 314 g/mol. The summed E-state index contributed by atoms with van der Waals surface area (Å²) in [4.78, 5) is 13.6. The molecule has 1 fully saturated rings. The molecule has 1 saturated carbocycles. The van der Waals surface area contributed by atoms with Crippen LogP contribution in [0.4, 0.5) is 0 Å². The van der Waals surface area contributed by atoms with Gasteiger partial charge in [0.25, 0.3) is 0 Å². The van der Waals surface area contributed by atoms with E-state index in [-0.39, 0.29) is 5.92 Å². The van der Waals surface area contributed by atoms with E-state index in [0.717, 1.165) is 36.7 Å². The maximum absolute atomic E-state index is 11.0. The second-order valence-corrected chi connectivity index (χ2v) is 7.09. The Morgan fingerprint density at radius 3 is 3.00 bits per heavy atom. The van der Waals surface area contributed by atoms with Gasteiger partial charge in [0.1, 0.15) is 0 Å². The number of rotatable bonds is 4. The summed E-state index contributed by atoms with van der Waals surface area (Å²) in [7, 11) is 0. The molecule has 0 bridgehead atoms. The van der Waals surface area contributed by atoms with Gasteiger partial charge in [0, 0.05) is 26.8 Å². The first kappa shape index (κ1) is 14.0. The molecule has 0 aliphatic heterocycles. The second-order valence-electron chi connectivity index (χ2n) is 4.90. The van der Waals surface area contributed by atoms with E-state index in [4.69, 9.17) is 5.11 Å². The molecule has 0 amide bonds. The van der Waals surface area contributed by atoms with Crippen LogP contribution in [0, 0.1) is 12.8 Å². The fourth-order valence-electron chi connectivity index (χ4n) is 2.45. The second kappa shape index (κ2) is 6.17. The SMILES string of the molecule is Cc1sc(CNC2CCCC(C(=O)O)C2)cc1Br. The number of aliphatic carboxylic acids is 1. The van der Waals surface area contributed by atoms with Gasteiger partial charge in [0.15, 0.2) is 0 Å². The molecule has 0 saturated heterocycles. The standard InChI is InChI=1S/C13H18BrNO2S/c1-8-12(14)6-11(18-8)7-15-10-4-2-3-9(5-10)13(16)17/h6,9-10,15H,2-5,7H2,1H3,(H,16,17). The van der Waals surface area contributed by atoms with E-state index in [1.807, 2.05) is 0 Å². The minimum absolute atomic E-state index is 0.159. The molecular formula is C13H18BrNO2S. The van der Waals surface area contributed by atoms with Gasteiger partial charge in [-0.05, 0) is 48.2 Å². The molecule has 2 N–H and O–H groups in total. The Morgan fingerprint density at radius 1 is 1.61 bits per heavy atom. The zero-order valence-corrected chi connectivity index (χ0v) is 12.8. The maximum Gasteiger partial charge on any atom is 0.306 e. The summed E-state index contributed by atoms with van der Waals surface area (Å²) < 4.78 is 1.16. The molecule has 1 aliphatic rings. The molecule has 2 atom stereocenters. The Bertz CT molecular complexity index is 413. The van der Waals surface area contributed by atoms with Crippen LogP contribution in [0.1, 0.15) is 35.4 Å². The highest BCUT2D eigenvalue weighted by Gasteiger charge is 2.26. The first-order chi connectivity index (χ1) is 8.56. The third kappa shape index (κ3) is 3.56. The number of hydrogen-bond acceptors (Lipinski definition) is 3. The summed E-state index contributed by atoms with van der Waals surface area (Å²) in [6.45, 7) is 2.94. The third-order valence-corrected chi connectivity index (χ3v) is 5.63. The topological polar surface area (TPSA) is 49.3 Å². The van der Waals surface area contributed by atoms with Crippen LogP contribution in [-0.2, 0) is 11.3 Å². The predicted octanol–water partition coefficient (Wildman–Crippen LogP) is 3.55. The molecule has 100 valence electrons. The number of carboxylic acid groups (broad SMARTS) is 1. The predicted molar refractivity (Wildman–Crippen MR) is 77.0 cm³/mol. The molecule has 0 aromatic carbocycles. The van der Waals surface area contributed by atoms with Crippen molar-refractivity contribution in [3.8, 4) is 0 Å². The number of hydrogen-bond donors (Lipinski definition) is 2. The van der Waals surface area contributed by atoms with E-state index in [9.17, 15) is 4.79 Å². The molecule has 1 heterocycles. The van der Waals surface area contributed by atoms with Gasteiger partial charge in [-0.2, -0.15) is 0 Å². The monoisotopic (exact) mass is 331 g/mol. The average Bonchev–Trinajstić information content (AvgIpc) is 2.67. The number of carboxylic acids is 1. The average molecular weight is 332 g/mol. The first-order valence-electron chi connectivity index (χ1n) is 6.27. The van der Waals surface area contributed by atoms with Crippen molar-refractivity contribution in [1.29, 1.82) is 0 Å². The molecule has 0 radical (unpaired) electrons. The Balaban J connectivity index is 1.84. The van der Waals surface area contributed by atoms with Crippen LogP contribution in [-0.4, -0.2) is 17.1 Å². The highest BCUT2D eigenvalue weighted by Crippen LogP contribution is 2.28. The number of nitrogens with one attached hydrogen (secondary N) is 1. The summed E-state index contributed by atoms with van der Waals surface area (Å²) in [5.41, 5.74) is 0. The van der Waals surface area contributed by atoms with Crippen LogP contribution in [0.25, 0.3) is 0 Å². The van der Waals surface area contributed by atoms with Crippen LogP contribution < -0.4 is 5.32 Å². The lowest BCUT2D eigenvalue weighted by molar-refractivity contribution is -0.143. The molecule has 18 heavy (non-hydrogen) atoms. The van der Waals surface area contributed by atoms with Crippen molar-refractivity contribution in [1.82, 2.24) is 5.32 Å². The zero-order valence-electron chi connectivity index (χ0n) is 10.4. The van der Waals surface area contributed by atoms with E-state index in [2.05, 4.69) is 34.2 Å². The zero-order chi connectivity index (χ0) is 13.1. The lowest BCUT2D eigenvalue weighted by Gasteiger charge is -2.27. The van der Waals surface area contributed by atoms with Crippen molar-refractivity contribution in [2.75, 3.05) is 0 Å². The quantitative estimate of drug-likeness (QED) is 0.886. The van der Waals surface area contributed by atoms with Crippen molar-refractivity contribution < 1.29 is 9.90 Å². The fraction of sp³-hybridized carbons (Fsp3) is 0.615. The van der Waals surface area contributed by atoms with Crippen LogP contribution >= 0.6 is 27.3 Å². The van der Waals surface area contributed by atoms with E-state index >= 15 is 0 Å². The lowest BCUT2D eigenvalue weighted by atomic mass is 9.86. The summed E-state index contributed by atoms with van der Waals surface area (Å²) in [5, 5.41) is 12.5. The van der Waals surface area contributed by atoms with E-state index in [1.54, 1.807) is 11.3 Å². The summed E-state index contributed by atoms with van der Waals surface area (Å²) in [6.07, 6.45) is 3.70. The minimum atomic E-state index is -0.642. The van der Waals surface area contributed by atoms with Crippen molar-refractivity contribution in [3.63, 3.8) is 0 Å². The Kier molecular flexibility index (Phi) is 4.81. The summed E-state index contributed by atoms with van der Waals surface area (Å²) in [5.74, 6) is -0.802. The Labute approximate surface area is 120 Å². The van der Waals surface area contributed by atoms with Gasteiger partial charge in [0.05, 0.1) is 5.92 Å². The number of thiophene rings is 1. The Morgan fingerprint density at radius 2 is 2.39 bits per heavy atom. The highest BCUT2D eigenvalue weighted by molar-refractivity contribution is 9.10. The first-order valence-corrected chi connectivity index (χ1v) is 7.88. The van der Waals surface area contributed by atoms with E-state index < -0.39 is 5.97 Å². The van der Waals surface area contributed by atoms with Crippen molar-refractivity contribution >= 4 is 33.2 Å². The largest absolute Gasteiger partial charge is 0.481 e. The fourth-order valence-corrected chi connectivity index (χ4v) is 4.00. The molecule has 0 spiro atoms. The molecule has 1 aromatic rings. The summed E-state index contributed by atoms with van der Waals surface area (Å²) in [6, 6.07) is 2.49. The molecule has 5 heteroatoms. The van der Waals surface area contributed by atoms with E-state index in [0.29, 0.717) is 6.04 Å². The number of aryl methyl sites for hydroxylation is 1. The molecule has 3 nitrogen and oxygen atoms in total. The summed E-state index contributed by atoms with van der Waals surface area (Å²) >= 11 is 5.30. The number of carbonyl (C=O) groups is 1. The highest BCUT2D eigenvalue weighted by atomic mass is 79.9. The lowest BCUT2D eigenvalue weighted by Crippen LogP contribution is -2.35. The Hall–Kier alpha value is -0.390. The minimum Gasteiger partial charge on any atom is -0.481 e. The molecule has 1 aliphatic carbocycles.